The Hall–Kier alpha value is -1.10. The normalized spacial score (nSPS) is 29.1. The highest BCUT2D eigenvalue weighted by atomic mass is 16.2. The molecule has 0 spiro atoms. The molecule has 19 heavy (non-hydrogen) atoms. The average molecular weight is 267 g/mol. The van der Waals surface area contributed by atoms with Crippen molar-refractivity contribution < 1.29 is 9.59 Å². The first-order valence-corrected chi connectivity index (χ1v) is 7.37. The molecular formula is C14H25N3O2. The lowest BCUT2D eigenvalue weighted by atomic mass is 9.91. The number of hydrogen-bond acceptors (Lipinski definition) is 3. The van der Waals surface area contributed by atoms with Gasteiger partial charge in [-0.2, -0.15) is 0 Å². The van der Waals surface area contributed by atoms with E-state index in [2.05, 4.69) is 17.6 Å². The van der Waals surface area contributed by atoms with Gasteiger partial charge in [0.05, 0.1) is 6.04 Å². The van der Waals surface area contributed by atoms with Gasteiger partial charge in [0.2, 0.25) is 11.8 Å². The maximum absolute atomic E-state index is 12.5. The first-order chi connectivity index (χ1) is 9.08. The minimum atomic E-state index is -0.00827. The molecular weight excluding hydrogens is 242 g/mol. The summed E-state index contributed by atoms with van der Waals surface area (Å²) in [6, 6.07) is 0.226. The van der Waals surface area contributed by atoms with Crippen LogP contribution in [0.5, 0.6) is 0 Å². The van der Waals surface area contributed by atoms with E-state index >= 15 is 0 Å². The van der Waals surface area contributed by atoms with Crippen LogP contribution in [0.25, 0.3) is 0 Å². The largest absolute Gasteiger partial charge is 0.353 e. The summed E-state index contributed by atoms with van der Waals surface area (Å²) in [7, 11) is 0. The van der Waals surface area contributed by atoms with E-state index in [4.69, 9.17) is 0 Å². The average Bonchev–Trinajstić information content (AvgIpc) is 2.39. The Morgan fingerprint density at radius 2 is 1.89 bits per heavy atom. The van der Waals surface area contributed by atoms with Gasteiger partial charge in [0.1, 0.15) is 0 Å². The molecule has 2 atom stereocenters. The van der Waals surface area contributed by atoms with Crippen molar-refractivity contribution in [1.29, 1.82) is 0 Å². The molecule has 0 saturated carbocycles. The van der Waals surface area contributed by atoms with Gasteiger partial charge in [-0.3, -0.25) is 9.59 Å². The standard InChI is InChI=1S/C14H25N3O2/c1-10-4-3-7-15-13(10)14(19)17-8-5-12(6-9-17)16-11(2)18/h10,12-13,15H,3-9H2,1-2H3,(H,16,18). The predicted octanol–water partition coefficient (Wildman–Crippen LogP) is 0.502. The highest BCUT2D eigenvalue weighted by Gasteiger charge is 2.32. The number of piperidine rings is 2. The molecule has 2 saturated heterocycles. The van der Waals surface area contributed by atoms with E-state index in [1.165, 1.54) is 0 Å². The van der Waals surface area contributed by atoms with Crippen LogP contribution in [0.1, 0.15) is 39.5 Å². The van der Waals surface area contributed by atoms with E-state index in [0.29, 0.717) is 5.92 Å². The summed E-state index contributed by atoms with van der Waals surface area (Å²) in [5, 5.41) is 6.29. The first kappa shape index (κ1) is 14.3. The van der Waals surface area contributed by atoms with Gasteiger partial charge < -0.3 is 15.5 Å². The fraction of sp³-hybridized carbons (Fsp3) is 0.857. The van der Waals surface area contributed by atoms with Crippen LogP contribution in [-0.4, -0.2) is 48.4 Å². The number of amides is 2. The van der Waals surface area contributed by atoms with Crippen LogP contribution in [0.3, 0.4) is 0 Å². The summed E-state index contributed by atoms with van der Waals surface area (Å²) in [6.07, 6.45) is 4.03. The molecule has 0 aromatic heterocycles. The van der Waals surface area contributed by atoms with Crippen molar-refractivity contribution in [2.45, 2.75) is 51.6 Å². The summed E-state index contributed by atoms with van der Waals surface area (Å²) >= 11 is 0. The van der Waals surface area contributed by atoms with E-state index in [1.54, 1.807) is 6.92 Å². The lowest BCUT2D eigenvalue weighted by Crippen LogP contribution is -2.55. The third-order valence-electron chi connectivity index (χ3n) is 4.25. The molecule has 2 aliphatic rings. The number of rotatable bonds is 2. The second-order valence-electron chi connectivity index (χ2n) is 5.85. The number of likely N-dealkylation sites (tertiary alicyclic amines) is 1. The van der Waals surface area contributed by atoms with Crippen LogP contribution in [0.15, 0.2) is 0 Å². The Balaban J connectivity index is 1.83. The van der Waals surface area contributed by atoms with Crippen LogP contribution >= 0.6 is 0 Å². The van der Waals surface area contributed by atoms with Gasteiger partial charge >= 0.3 is 0 Å². The van der Waals surface area contributed by atoms with Crippen LogP contribution < -0.4 is 10.6 Å². The summed E-state index contributed by atoms with van der Waals surface area (Å²) in [4.78, 5) is 25.4. The molecule has 0 radical (unpaired) electrons. The molecule has 5 heteroatoms. The van der Waals surface area contributed by atoms with Gasteiger partial charge in [0.15, 0.2) is 0 Å². The van der Waals surface area contributed by atoms with Gasteiger partial charge in [-0.1, -0.05) is 6.92 Å². The zero-order valence-corrected chi connectivity index (χ0v) is 11.9. The third kappa shape index (κ3) is 3.69. The second-order valence-corrected chi connectivity index (χ2v) is 5.85. The molecule has 0 bridgehead atoms. The minimum absolute atomic E-state index is 0.00827. The lowest BCUT2D eigenvalue weighted by molar-refractivity contribution is -0.136. The van der Waals surface area contributed by atoms with Gasteiger partial charge in [0.25, 0.3) is 0 Å². The number of nitrogens with one attached hydrogen (secondary N) is 2. The van der Waals surface area contributed by atoms with Crippen molar-refractivity contribution in [1.82, 2.24) is 15.5 Å². The Bertz CT molecular complexity index is 338. The first-order valence-electron chi connectivity index (χ1n) is 7.37. The molecule has 2 rings (SSSR count). The van der Waals surface area contributed by atoms with Crippen molar-refractivity contribution in [3.8, 4) is 0 Å². The summed E-state index contributed by atoms with van der Waals surface area (Å²) in [6.45, 7) is 6.16. The fourth-order valence-electron chi connectivity index (χ4n) is 3.11. The molecule has 2 heterocycles. The van der Waals surface area contributed by atoms with Crippen LogP contribution in [0, 0.1) is 5.92 Å². The number of carbonyl (C=O) groups excluding carboxylic acids is 2. The third-order valence-corrected chi connectivity index (χ3v) is 4.25. The lowest BCUT2D eigenvalue weighted by Gasteiger charge is -2.37. The predicted molar refractivity (Wildman–Crippen MR) is 73.6 cm³/mol. The Labute approximate surface area is 115 Å². The number of hydrogen-bond donors (Lipinski definition) is 2. The fourth-order valence-corrected chi connectivity index (χ4v) is 3.11. The van der Waals surface area contributed by atoms with Crippen molar-refractivity contribution in [2.75, 3.05) is 19.6 Å². The van der Waals surface area contributed by atoms with Crippen molar-refractivity contribution in [3.05, 3.63) is 0 Å². The summed E-state index contributed by atoms with van der Waals surface area (Å²) in [5.74, 6) is 0.690. The molecule has 5 nitrogen and oxygen atoms in total. The SMILES string of the molecule is CC(=O)NC1CCN(C(=O)C2NCCCC2C)CC1. The van der Waals surface area contributed by atoms with Crippen LogP contribution in [0.2, 0.25) is 0 Å². The van der Waals surface area contributed by atoms with Crippen LogP contribution in [0.4, 0.5) is 0 Å². The molecule has 2 unspecified atom stereocenters. The molecule has 2 amide bonds. The molecule has 0 aromatic carbocycles. The summed E-state index contributed by atoms with van der Waals surface area (Å²) < 4.78 is 0. The number of nitrogens with zero attached hydrogens (tertiary/aromatic N) is 1. The van der Waals surface area contributed by atoms with Gasteiger partial charge in [-0.05, 0) is 38.1 Å². The maximum Gasteiger partial charge on any atom is 0.239 e. The Morgan fingerprint density at radius 3 is 2.47 bits per heavy atom. The van der Waals surface area contributed by atoms with Crippen molar-refractivity contribution in [2.24, 2.45) is 5.92 Å². The molecule has 2 fully saturated rings. The van der Waals surface area contributed by atoms with E-state index in [1.807, 2.05) is 4.90 Å². The Morgan fingerprint density at radius 1 is 1.21 bits per heavy atom. The van der Waals surface area contributed by atoms with Crippen molar-refractivity contribution in [3.63, 3.8) is 0 Å². The number of carbonyl (C=O) groups is 2. The highest BCUT2D eigenvalue weighted by Crippen LogP contribution is 2.19. The molecule has 108 valence electrons. The monoisotopic (exact) mass is 267 g/mol. The van der Waals surface area contributed by atoms with Gasteiger partial charge in [-0.25, -0.2) is 0 Å². The molecule has 0 aliphatic carbocycles. The highest BCUT2D eigenvalue weighted by molar-refractivity contribution is 5.82. The quantitative estimate of drug-likeness (QED) is 0.766. The zero-order chi connectivity index (χ0) is 13.8. The maximum atomic E-state index is 12.5. The van der Waals surface area contributed by atoms with E-state index < -0.39 is 0 Å². The zero-order valence-electron chi connectivity index (χ0n) is 11.9. The summed E-state index contributed by atoms with van der Waals surface area (Å²) in [5.41, 5.74) is 0. The van der Waals surface area contributed by atoms with Crippen LogP contribution in [-0.2, 0) is 9.59 Å². The van der Waals surface area contributed by atoms with E-state index in [0.717, 1.165) is 45.3 Å². The topological polar surface area (TPSA) is 61.4 Å². The van der Waals surface area contributed by atoms with E-state index in [9.17, 15) is 9.59 Å². The Kier molecular flexibility index (Phi) is 4.80. The van der Waals surface area contributed by atoms with E-state index in [-0.39, 0.29) is 23.9 Å². The smallest absolute Gasteiger partial charge is 0.239 e. The minimum Gasteiger partial charge on any atom is -0.353 e. The molecule has 0 aromatic rings. The molecule has 2 aliphatic heterocycles. The second kappa shape index (κ2) is 6.37. The van der Waals surface area contributed by atoms with Crippen molar-refractivity contribution >= 4 is 11.8 Å². The molecule has 2 N–H and O–H groups in total. The van der Waals surface area contributed by atoms with Gasteiger partial charge in [0, 0.05) is 26.1 Å². The van der Waals surface area contributed by atoms with Gasteiger partial charge in [-0.15, -0.1) is 0 Å².